The molecule has 3 rings (SSSR count). The number of rotatable bonds is 4. The van der Waals surface area contributed by atoms with Crippen LogP contribution in [0.3, 0.4) is 0 Å². The molecule has 2 aromatic heterocycles. The van der Waals surface area contributed by atoms with E-state index in [1.165, 1.54) is 12.8 Å². The first-order chi connectivity index (χ1) is 9.09. The van der Waals surface area contributed by atoms with Crippen molar-refractivity contribution in [2.24, 2.45) is 5.41 Å². The SMILES string of the molecule is CC1(C)CC(NCc2c(CO)ccc3nnnn23)C1. The zero-order chi connectivity index (χ0) is 13.5. The largest absolute Gasteiger partial charge is 0.392 e. The van der Waals surface area contributed by atoms with Gasteiger partial charge in [0.25, 0.3) is 0 Å². The van der Waals surface area contributed by atoms with Gasteiger partial charge in [-0.05, 0) is 34.7 Å². The van der Waals surface area contributed by atoms with Gasteiger partial charge < -0.3 is 10.4 Å². The monoisotopic (exact) mass is 261 g/mol. The van der Waals surface area contributed by atoms with Gasteiger partial charge in [-0.1, -0.05) is 19.9 Å². The molecule has 0 spiro atoms. The van der Waals surface area contributed by atoms with E-state index in [9.17, 15) is 5.11 Å². The highest BCUT2D eigenvalue weighted by atomic mass is 16.3. The Morgan fingerprint density at radius 2 is 2.21 bits per heavy atom. The predicted octanol–water partition coefficient (Wildman–Crippen LogP) is 0.895. The Kier molecular flexibility index (Phi) is 2.99. The predicted molar refractivity (Wildman–Crippen MR) is 70.3 cm³/mol. The van der Waals surface area contributed by atoms with E-state index in [2.05, 4.69) is 34.7 Å². The van der Waals surface area contributed by atoms with Crippen molar-refractivity contribution >= 4 is 5.65 Å². The third kappa shape index (κ3) is 2.33. The Balaban J connectivity index is 1.77. The van der Waals surface area contributed by atoms with E-state index in [0.717, 1.165) is 11.3 Å². The van der Waals surface area contributed by atoms with Crippen molar-refractivity contribution in [1.29, 1.82) is 0 Å². The fourth-order valence-corrected chi connectivity index (χ4v) is 2.89. The minimum atomic E-state index is 0.00295. The topological polar surface area (TPSA) is 75.3 Å². The molecule has 0 atom stereocenters. The molecule has 1 saturated carbocycles. The number of hydrogen-bond acceptors (Lipinski definition) is 5. The second-order valence-electron chi connectivity index (χ2n) is 6.06. The van der Waals surface area contributed by atoms with Crippen molar-refractivity contribution in [3.05, 3.63) is 23.4 Å². The van der Waals surface area contributed by atoms with Gasteiger partial charge in [-0.2, -0.15) is 4.52 Å². The van der Waals surface area contributed by atoms with Gasteiger partial charge in [0.15, 0.2) is 5.65 Å². The molecule has 2 aromatic rings. The molecule has 102 valence electrons. The Morgan fingerprint density at radius 3 is 2.89 bits per heavy atom. The molecule has 0 saturated heterocycles. The third-order valence-electron chi connectivity index (χ3n) is 3.88. The molecule has 1 aliphatic rings. The zero-order valence-corrected chi connectivity index (χ0v) is 11.3. The highest BCUT2D eigenvalue weighted by molar-refractivity contribution is 5.40. The highest BCUT2D eigenvalue weighted by Crippen LogP contribution is 2.39. The fraction of sp³-hybridized carbons (Fsp3) is 0.615. The van der Waals surface area contributed by atoms with Crippen molar-refractivity contribution in [3.63, 3.8) is 0 Å². The molecule has 0 unspecified atom stereocenters. The van der Waals surface area contributed by atoms with Crippen LogP contribution in [0, 0.1) is 5.41 Å². The van der Waals surface area contributed by atoms with Crippen molar-refractivity contribution in [3.8, 4) is 0 Å². The first kappa shape index (κ1) is 12.5. The summed E-state index contributed by atoms with van der Waals surface area (Å²) >= 11 is 0. The van der Waals surface area contributed by atoms with Crippen LogP contribution in [0.2, 0.25) is 0 Å². The fourth-order valence-electron chi connectivity index (χ4n) is 2.89. The van der Waals surface area contributed by atoms with Gasteiger partial charge in [-0.25, -0.2) is 0 Å². The summed E-state index contributed by atoms with van der Waals surface area (Å²) in [6, 6.07) is 4.25. The number of hydrogen-bond donors (Lipinski definition) is 2. The molecular weight excluding hydrogens is 242 g/mol. The summed E-state index contributed by atoms with van der Waals surface area (Å²) in [6.07, 6.45) is 2.38. The van der Waals surface area contributed by atoms with E-state index >= 15 is 0 Å². The average Bonchev–Trinajstić information content (AvgIpc) is 2.81. The molecular formula is C13H19N5O. The highest BCUT2D eigenvalue weighted by Gasteiger charge is 2.35. The average molecular weight is 261 g/mol. The summed E-state index contributed by atoms with van der Waals surface area (Å²) < 4.78 is 1.70. The maximum Gasteiger partial charge on any atom is 0.179 e. The minimum Gasteiger partial charge on any atom is -0.392 e. The Labute approximate surface area is 111 Å². The van der Waals surface area contributed by atoms with Crippen LogP contribution in [0.4, 0.5) is 0 Å². The number of aliphatic hydroxyl groups excluding tert-OH is 1. The van der Waals surface area contributed by atoms with E-state index in [4.69, 9.17) is 0 Å². The van der Waals surface area contributed by atoms with Gasteiger partial charge in [-0.15, -0.1) is 5.10 Å². The number of nitrogens with one attached hydrogen (secondary N) is 1. The Hall–Kier alpha value is -1.53. The van der Waals surface area contributed by atoms with Crippen molar-refractivity contribution < 1.29 is 5.11 Å². The van der Waals surface area contributed by atoms with E-state index in [-0.39, 0.29) is 6.61 Å². The van der Waals surface area contributed by atoms with E-state index in [0.29, 0.717) is 23.6 Å². The van der Waals surface area contributed by atoms with Gasteiger partial charge in [0.05, 0.1) is 12.3 Å². The molecule has 0 aliphatic heterocycles. The van der Waals surface area contributed by atoms with Crippen LogP contribution < -0.4 is 5.32 Å². The number of pyridine rings is 1. The van der Waals surface area contributed by atoms with Crippen molar-refractivity contribution in [1.82, 2.24) is 25.4 Å². The van der Waals surface area contributed by atoms with Crippen LogP contribution in [-0.4, -0.2) is 31.2 Å². The molecule has 0 bridgehead atoms. The smallest absolute Gasteiger partial charge is 0.179 e. The van der Waals surface area contributed by atoms with Crippen LogP contribution in [0.25, 0.3) is 5.65 Å². The standard InChI is InChI=1S/C13H19N5O/c1-13(2)5-10(6-13)14-7-11-9(8-19)3-4-12-15-16-17-18(11)12/h3-4,10,14,19H,5-8H2,1-2H3. The number of nitrogens with zero attached hydrogens (tertiary/aromatic N) is 4. The van der Waals surface area contributed by atoms with Crippen LogP contribution in [0.15, 0.2) is 12.1 Å². The summed E-state index contributed by atoms with van der Waals surface area (Å²) in [5.41, 5.74) is 2.97. The second-order valence-corrected chi connectivity index (χ2v) is 6.06. The van der Waals surface area contributed by atoms with Gasteiger partial charge in [0.1, 0.15) is 0 Å². The number of aromatic nitrogens is 4. The number of aliphatic hydroxyl groups is 1. The first-order valence-corrected chi connectivity index (χ1v) is 6.62. The summed E-state index contributed by atoms with van der Waals surface area (Å²) in [4.78, 5) is 0. The second kappa shape index (κ2) is 4.54. The Bertz CT molecular complexity index is 584. The van der Waals surface area contributed by atoms with Crippen molar-refractivity contribution in [2.75, 3.05) is 0 Å². The molecule has 2 heterocycles. The van der Waals surface area contributed by atoms with Gasteiger partial charge in [0.2, 0.25) is 0 Å². The molecule has 19 heavy (non-hydrogen) atoms. The van der Waals surface area contributed by atoms with Gasteiger partial charge in [-0.3, -0.25) is 0 Å². The maximum atomic E-state index is 9.43. The minimum absolute atomic E-state index is 0.00295. The normalized spacial score (nSPS) is 18.7. The number of fused-ring (bicyclic) bond motifs is 1. The first-order valence-electron chi connectivity index (χ1n) is 6.62. The molecule has 0 amide bonds. The summed E-state index contributed by atoms with van der Waals surface area (Å²) in [7, 11) is 0. The molecule has 1 fully saturated rings. The zero-order valence-electron chi connectivity index (χ0n) is 11.3. The van der Waals surface area contributed by atoms with Crippen LogP contribution in [-0.2, 0) is 13.2 Å². The van der Waals surface area contributed by atoms with E-state index < -0.39 is 0 Å². The van der Waals surface area contributed by atoms with Crippen LogP contribution in [0.1, 0.15) is 37.9 Å². The molecule has 2 N–H and O–H groups in total. The van der Waals surface area contributed by atoms with Crippen LogP contribution in [0.5, 0.6) is 0 Å². The lowest BCUT2D eigenvalue weighted by Gasteiger charge is -2.43. The lowest BCUT2D eigenvalue weighted by Crippen LogP contribution is -2.45. The van der Waals surface area contributed by atoms with E-state index in [1.54, 1.807) is 4.52 Å². The van der Waals surface area contributed by atoms with Crippen LogP contribution >= 0.6 is 0 Å². The number of tetrazole rings is 1. The molecule has 6 nitrogen and oxygen atoms in total. The van der Waals surface area contributed by atoms with Gasteiger partial charge >= 0.3 is 0 Å². The van der Waals surface area contributed by atoms with Gasteiger partial charge in [0, 0.05) is 18.2 Å². The lowest BCUT2D eigenvalue weighted by molar-refractivity contribution is 0.124. The summed E-state index contributed by atoms with van der Waals surface area (Å²) in [5.74, 6) is 0. The maximum absolute atomic E-state index is 9.43. The molecule has 6 heteroatoms. The molecule has 0 radical (unpaired) electrons. The summed E-state index contributed by atoms with van der Waals surface area (Å²) in [6.45, 7) is 5.25. The molecule has 1 aliphatic carbocycles. The molecule has 0 aromatic carbocycles. The Morgan fingerprint density at radius 1 is 1.42 bits per heavy atom. The third-order valence-corrected chi connectivity index (χ3v) is 3.88. The lowest BCUT2D eigenvalue weighted by atomic mass is 9.68. The van der Waals surface area contributed by atoms with Crippen molar-refractivity contribution in [2.45, 2.75) is 45.9 Å². The van der Waals surface area contributed by atoms with E-state index in [1.807, 2.05) is 12.1 Å². The quantitative estimate of drug-likeness (QED) is 0.855. The summed E-state index contributed by atoms with van der Waals surface area (Å²) in [5, 5.41) is 24.5.